The molecular formula is C19H15FN4. The van der Waals surface area contributed by atoms with E-state index in [1.165, 1.54) is 28.8 Å². The molecule has 24 heavy (non-hydrogen) atoms. The zero-order valence-corrected chi connectivity index (χ0v) is 12.9. The van der Waals surface area contributed by atoms with Gasteiger partial charge in [-0.3, -0.25) is 0 Å². The number of aromatic amines is 1. The van der Waals surface area contributed by atoms with Gasteiger partial charge in [0, 0.05) is 46.8 Å². The number of nitrogens with one attached hydrogen (secondary N) is 3. The monoisotopic (exact) mass is 318 g/mol. The van der Waals surface area contributed by atoms with E-state index < -0.39 is 0 Å². The highest BCUT2D eigenvalue weighted by Crippen LogP contribution is 2.32. The standard InChI is InChI=1S/C19H15FN4/c20-12-2-1-3-13(6-12)23-18-7-15-11(8-22-18)4-5-14-16-9-21-10-17(16)24-19(14)15/h1-8,21,24H,9-10H2,(H,22,23). The van der Waals surface area contributed by atoms with Crippen molar-refractivity contribution in [3.05, 3.63) is 65.7 Å². The molecule has 4 aromatic rings. The molecule has 0 amide bonds. The second kappa shape index (κ2) is 5.04. The Bertz CT molecular complexity index is 1080. The molecule has 1 aliphatic heterocycles. The highest BCUT2D eigenvalue weighted by molar-refractivity contribution is 6.07. The lowest BCUT2D eigenvalue weighted by Gasteiger charge is -2.08. The lowest BCUT2D eigenvalue weighted by molar-refractivity contribution is 0.628. The maximum Gasteiger partial charge on any atom is 0.130 e. The van der Waals surface area contributed by atoms with Crippen LogP contribution in [0, 0.1) is 5.82 Å². The predicted molar refractivity (Wildman–Crippen MR) is 93.8 cm³/mol. The quantitative estimate of drug-likeness (QED) is 0.519. The van der Waals surface area contributed by atoms with E-state index in [1.807, 2.05) is 18.3 Å². The number of aromatic nitrogens is 2. The summed E-state index contributed by atoms with van der Waals surface area (Å²) in [6.07, 6.45) is 1.85. The Morgan fingerprint density at radius 1 is 1.04 bits per heavy atom. The summed E-state index contributed by atoms with van der Waals surface area (Å²) in [5, 5.41) is 10.00. The van der Waals surface area contributed by atoms with Crippen LogP contribution in [-0.4, -0.2) is 9.97 Å². The van der Waals surface area contributed by atoms with Gasteiger partial charge >= 0.3 is 0 Å². The maximum atomic E-state index is 13.4. The number of benzene rings is 2. The van der Waals surface area contributed by atoms with E-state index in [2.05, 4.69) is 32.7 Å². The molecule has 5 heteroatoms. The summed E-state index contributed by atoms with van der Waals surface area (Å²) in [5.74, 6) is 0.435. The van der Waals surface area contributed by atoms with Gasteiger partial charge in [0.25, 0.3) is 0 Å². The first-order valence-corrected chi connectivity index (χ1v) is 7.93. The molecule has 4 nitrogen and oxygen atoms in total. The van der Waals surface area contributed by atoms with Crippen LogP contribution in [0.2, 0.25) is 0 Å². The van der Waals surface area contributed by atoms with Crippen molar-refractivity contribution in [2.24, 2.45) is 0 Å². The van der Waals surface area contributed by atoms with Crippen molar-refractivity contribution in [3.63, 3.8) is 0 Å². The van der Waals surface area contributed by atoms with Crippen LogP contribution < -0.4 is 10.6 Å². The lowest BCUT2D eigenvalue weighted by atomic mass is 10.1. The normalized spacial score (nSPS) is 13.5. The molecule has 118 valence electrons. The third kappa shape index (κ3) is 2.06. The van der Waals surface area contributed by atoms with Gasteiger partial charge in [-0.05, 0) is 29.8 Å². The van der Waals surface area contributed by atoms with E-state index >= 15 is 0 Å². The number of fused-ring (bicyclic) bond motifs is 5. The van der Waals surface area contributed by atoms with Crippen molar-refractivity contribution in [2.75, 3.05) is 5.32 Å². The van der Waals surface area contributed by atoms with E-state index in [0.29, 0.717) is 11.5 Å². The third-order valence-corrected chi connectivity index (χ3v) is 4.57. The third-order valence-electron chi connectivity index (χ3n) is 4.57. The van der Waals surface area contributed by atoms with Crippen molar-refractivity contribution in [2.45, 2.75) is 13.1 Å². The second-order valence-electron chi connectivity index (χ2n) is 6.10. The SMILES string of the molecule is Fc1cccc(Nc2cc3c(ccc4c5c([nH]c43)CNC5)cn2)c1. The molecule has 0 spiro atoms. The molecule has 1 aliphatic rings. The van der Waals surface area contributed by atoms with Gasteiger partial charge in [0.1, 0.15) is 11.6 Å². The Morgan fingerprint density at radius 2 is 2.00 bits per heavy atom. The first-order chi connectivity index (χ1) is 11.8. The number of H-pyrrole nitrogens is 1. The summed E-state index contributed by atoms with van der Waals surface area (Å²) in [6, 6.07) is 12.7. The summed E-state index contributed by atoms with van der Waals surface area (Å²) in [6.45, 7) is 1.78. The molecule has 2 aromatic carbocycles. The Hall–Kier alpha value is -2.92. The fourth-order valence-corrected chi connectivity index (χ4v) is 3.44. The summed E-state index contributed by atoms with van der Waals surface area (Å²) in [4.78, 5) is 7.98. The van der Waals surface area contributed by atoms with Crippen LogP contribution in [0.25, 0.3) is 21.7 Å². The first-order valence-electron chi connectivity index (χ1n) is 7.93. The topological polar surface area (TPSA) is 52.7 Å². The van der Waals surface area contributed by atoms with Crippen LogP contribution in [0.15, 0.2) is 48.7 Å². The highest BCUT2D eigenvalue weighted by Gasteiger charge is 2.17. The van der Waals surface area contributed by atoms with Gasteiger partial charge in [0.15, 0.2) is 0 Å². The minimum Gasteiger partial charge on any atom is -0.357 e. The number of rotatable bonds is 2. The van der Waals surface area contributed by atoms with E-state index in [1.54, 1.807) is 6.07 Å². The number of hydrogen-bond donors (Lipinski definition) is 3. The van der Waals surface area contributed by atoms with Gasteiger partial charge in [0.2, 0.25) is 0 Å². The van der Waals surface area contributed by atoms with Crippen molar-refractivity contribution in [3.8, 4) is 0 Å². The largest absolute Gasteiger partial charge is 0.357 e. The van der Waals surface area contributed by atoms with E-state index in [9.17, 15) is 4.39 Å². The molecule has 0 aliphatic carbocycles. The molecule has 0 bridgehead atoms. The van der Waals surface area contributed by atoms with Crippen LogP contribution >= 0.6 is 0 Å². The van der Waals surface area contributed by atoms with Gasteiger partial charge in [0.05, 0.1) is 5.52 Å². The second-order valence-corrected chi connectivity index (χ2v) is 6.10. The van der Waals surface area contributed by atoms with Gasteiger partial charge in [-0.15, -0.1) is 0 Å². The van der Waals surface area contributed by atoms with Crippen molar-refractivity contribution in [1.82, 2.24) is 15.3 Å². The van der Waals surface area contributed by atoms with Crippen LogP contribution in [0.1, 0.15) is 11.3 Å². The summed E-state index contributed by atoms with van der Waals surface area (Å²) < 4.78 is 13.4. The molecular weight excluding hydrogens is 303 g/mol. The number of anilines is 2. The highest BCUT2D eigenvalue weighted by atomic mass is 19.1. The molecule has 0 unspecified atom stereocenters. The van der Waals surface area contributed by atoms with Crippen molar-refractivity contribution < 1.29 is 4.39 Å². The minimum absolute atomic E-state index is 0.267. The lowest BCUT2D eigenvalue weighted by Crippen LogP contribution is -2.01. The molecule has 0 atom stereocenters. The average Bonchev–Trinajstić information content (AvgIpc) is 3.16. The summed E-state index contributed by atoms with van der Waals surface area (Å²) in [7, 11) is 0. The molecule has 5 rings (SSSR count). The Balaban J connectivity index is 1.65. The Kier molecular flexibility index (Phi) is 2.84. The van der Waals surface area contributed by atoms with Crippen molar-refractivity contribution in [1.29, 1.82) is 0 Å². The Labute approximate surface area is 137 Å². The predicted octanol–water partition coefficient (Wildman–Crippen LogP) is 4.20. The smallest absolute Gasteiger partial charge is 0.130 e. The first kappa shape index (κ1) is 13.5. The molecule has 0 fully saturated rings. The van der Waals surface area contributed by atoms with Crippen LogP contribution in [0.5, 0.6) is 0 Å². The van der Waals surface area contributed by atoms with Crippen molar-refractivity contribution >= 4 is 33.2 Å². The molecule has 2 aromatic heterocycles. The number of halogens is 1. The molecule has 3 heterocycles. The number of hydrogen-bond acceptors (Lipinski definition) is 3. The van der Waals surface area contributed by atoms with Gasteiger partial charge in [-0.25, -0.2) is 9.37 Å². The van der Waals surface area contributed by atoms with Crippen LogP contribution in [0.4, 0.5) is 15.9 Å². The molecule has 3 N–H and O–H groups in total. The Morgan fingerprint density at radius 3 is 2.92 bits per heavy atom. The fraction of sp³-hybridized carbons (Fsp3) is 0.105. The molecule has 0 radical (unpaired) electrons. The van der Waals surface area contributed by atoms with Gasteiger partial charge < -0.3 is 15.6 Å². The zero-order valence-electron chi connectivity index (χ0n) is 12.9. The summed E-state index contributed by atoms with van der Waals surface area (Å²) in [5.41, 5.74) is 4.44. The zero-order chi connectivity index (χ0) is 16.1. The van der Waals surface area contributed by atoms with Crippen LogP contribution in [0.3, 0.4) is 0 Å². The molecule has 0 saturated carbocycles. The fourth-order valence-electron chi connectivity index (χ4n) is 3.44. The van der Waals surface area contributed by atoms with Gasteiger partial charge in [-0.1, -0.05) is 18.2 Å². The number of pyridine rings is 1. The van der Waals surface area contributed by atoms with Crippen LogP contribution in [-0.2, 0) is 13.1 Å². The average molecular weight is 318 g/mol. The molecule has 0 saturated heterocycles. The van der Waals surface area contributed by atoms with E-state index in [4.69, 9.17) is 0 Å². The minimum atomic E-state index is -0.267. The van der Waals surface area contributed by atoms with E-state index in [0.717, 1.165) is 29.4 Å². The number of nitrogens with zero attached hydrogens (tertiary/aromatic N) is 1. The van der Waals surface area contributed by atoms with Gasteiger partial charge in [-0.2, -0.15) is 0 Å². The summed E-state index contributed by atoms with van der Waals surface area (Å²) >= 11 is 0. The maximum absolute atomic E-state index is 13.4. The van der Waals surface area contributed by atoms with E-state index in [-0.39, 0.29) is 5.82 Å².